The zero-order valence-electron chi connectivity index (χ0n) is 24.2. The van der Waals surface area contributed by atoms with Crippen LogP contribution in [0.4, 0.5) is 16.4 Å². The number of H-pyrrole nitrogens is 1. The van der Waals surface area contributed by atoms with Crippen LogP contribution in [0.1, 0.15) is 11.1 Å². The number of piperazine rings is 1. The SMILES string of the molecule is CN(C)CC1Cc2ccccc2N(C(=O)C(Cc2c[nH]c3ccccc23)NC(=O)N2CCN(c3ncccn3)CC2)C1. The number of carbonyl (C=O) groups excluding carboxylic acids is 2. The van der Waals surface area contributed by atoms with Crippen molar-refractivity contribution >= 4 is 34.5 Å². The molecule has 0 bridgehead atoms. The van der Waals surface area contributed by atoms with Crippen LogP contribution in [0, 0.1) is 5.92 Å². The lowest BCUT2D eigenvalue weighted by Gasteiger charge is -2.38. The summed E-state index contributed by atoms with van der Waals surface area (Å²) >= 11 is 0. The molecule has 10 nitrogen and oxygen atoms in total. The zero-order chi connectivity index (χ0) is 29.1. The number of nitrogens with one attached hydrogen (secondary N) is 2. The number of hydrogen-bond acceptors (Lipinski definition) is 6. The van der Waals surface area contributed by atoms with Gasteiger partial charge in [0.2, 0.25) is 11.9 Å². The van der Waals surface area contributed by atoms with E-state index in [0.717, 1.165) is 35.1 Å². The van der Waals surface area contributed by atoms with Gasteiger partial charge in [-0.25, -0.2) is 14.8 Å². The third-order valence-electron chi connectivity index (χ3n) is 8.22. The van der Waals surface area contributed by atoms with Gasteiger partial charge in [0, 0.05) is 80.9 Å². The number of aromatic amines is 1. The summed E-state index contributed by atoms with van der Waals surface area (Å²) in [5.74, 6) is 0.887. The molecule has 4 heterocycles. The van der Waals surface area contributed by atoms with E-state index in [4.69, 9.17) is 0 Å². The normalized spacial score (nSPS) is 17.8. The fourth-order valence-electron chi connectivity index (χ4n) is 6.24. The first-order valence-corrected chi connectivity index (χ1v) is 14.6. The predicted octanol–water partition coefficient (Wildman–Crippen LogP) is 3.17. The molecule has 1 saturated heterocycles. The monoisotopic (exact) mass is 566 g/mol. The standard InChI is InChI=1S/C32H38N8O2/c1-37(2)21-23-18-24-8-3-6-11-29(24)40(22-23)30(41)28(19-25-20-35-27-10-5-4-9-26(25)27)36-32(42)39-16-14-38(15-17-39)31-33-12-7-13-34-31/h3-13,20,23,28,35H,14-19,21-22H2,1-2H3,(H,36,42). The smallest absolute Gasteiger partial charge is 0.318 e. The molecule has 0 spiro atoms. The zero-order valence-corrected chi connectivity index (χ0v) is 24.2. The number of rotatable bonds is 7. The number of aromatic nitrogens is 3. The van der Waals surface area contributed by atoms with Crippen molar-refractivity contribution in [2.45, 2.75) is 18.9 Å². The van der Waals surface area contributed by atoms with Crippen LogP contribution in [0.3, 0.4) is 0 Å². The summed E-state index contributed by atoms with van der Waals surface area (Å²) < 4.78 is 0. The van der Waals surface area contributed by atoms with Gasteiger partial charge < -0.3 is 29.9 Å². The minimum atomic E-state index is -0.724. The third kappa shape index (κ3) is 5.94. The van der Waals surface area contributed by atoms with Crippen LogP contribution in [-0.4, -0.2) is 96.1 Å². The van der Waals surface area contributed by atoms with Crippen molar-refractivity contribution in [1.82, 2.24) is 30.1 Å². The summed E-state index contributed by atoms with van der Waals surface area (Å²) in [5, 5.41) is 4.21. The predicted molar refractivity (Wildman–Crippen MR) is 165 cm³/mol. The lowest BCUT2D eigenvalue weighted by atomic mass is 9.91. The van der Waals surface area contributed by atoms with Crippen molar-refractivity contribution in [3.05, 3.63) is 84.3 Å². The van der Waals surface area contributed by atoms with Crippen LogP contribution in [-0.2, 0) is 17.6 Å². The number of urea groups is 1. The van der Waals surface area contributed by atoms with Crippen molar-refractivity contribution < 1.29 is 9.59 Å². The van der Waals surface area contributed by atoms with E-state index in [9.17, 15) is 9.59 Å². The Kier molecular flexibility index (Phi) is 8.05. The molecule has 218 valence electrons. The second-order valence-electron chi connectivity index (χ2n) is 11.5. The molecule has 2 aromatic heterocycles. The van der Waals surface area contributed by atoms with Crippen LogP contribution < -0.4 is 15.1 Å². The Balaban J connectivity index is 1.24. The Morgan fingerprint density at radius 3 is 2.52 bits per heavy atom. The molecule has 1 fully saturated rings. The second kappa shape index (κ2) is 12.2. The number of anilines is 2. The Morgan fingerprint density at radius 2 is 1.74 bits per heavy atom. The Morgan fingerprint density at radius 1 is 1.00 bits per heavy atom. The first-order chi connectivity index (χ1) is 20.5. The van der Waals surface area contributed by atoms with Gasteiger partial charge in [0.05, 0.1) is 0 Å². The number of benzene rings is 2. The maximum absolute atomic E-state index is 14.5. The van der Waals surface area contributed by atoms with Crippen molar-refractivity contribution in [2.75, 3.05) is 63.2 Å². The minimum Gasteiger partial charge on any atom is -0.361 e. The molecule has 0 radical (unpaired) electrons. The van der Waals surface area contributed by atoms with Crippen molar-refractivity contribution in [2.24, 2.45) is 5.92 Å². The molecule has 3 amide bonds. The van der Waals surface area contributed by atoms with Crippen molar-refractivity contribution in [3.8, 4) is 0 Å². The summed E-state index contributed by atoms with van der Waals surface area (Å²) in [6.07, 6.45) is 6.72. The average Bonchev–Trinajstić information content (AvgIpc) is 3.43. The summed E-state index contributed by atoms with van der Waals surface area (Å²) in [4.78, 5) is 48.1. The number of para-hydroxylation sites is 2. The lowest BCUT2D eigenvalue weighted by molar-refractivity contribution is -0.120. The maximum Gasteiger partial charge on any atom is 0.318 e. The molecule has 0 aliphatic carbocycles. The molecule has 42 heavy (non-hydrogen) atoms. The first-order valence-electron chi connectivity index (χ1n) is 14.6. The molecule has 2 aliphatic rings. The average molecular weight is 567 g/mol. The van der Waals surface area contributed by atoms with E-state index in [0.29, 0.717) is 51.0 Å². The lowest BCUT2D eigenvalue weighted by Crippen LogP contribution is -2.58. The van der Waals surface area contributed by atoms with E-state index in [-0.39, 0.29) is 11.9 Å². The van der Waals surface area contributed by atoms with Gasteiger partial charge in [0.1, 0.15) is 6.04 Å². The second-order valence-corrected chi connectivity index (χ2v) is 11.5. The van der Waals surface area contributed by atoms with Crippen LogP contribution in [0.2, 0.25) is 0 Å². The Labute approximate surface area is 246 Å². The van der Waals surface area contributed by atoms with Gasteiger partial charge in [-0.05, 0) is 55.8 Å². The van der Waals surface area contributed by atoms with Gasteiger partial charge >= 0.3 is 6.03 Å². The summed E-state index contributed by atoms with van der Waals surface area (Å²) in [7, 11) is 4.13. The highest BCUT2D eigenvalue weighted by Crippen LogP contribution is 2.31. The molecule has 6 rings (SSSR count). The number of hydrogen-bond donors (Lipinski definition) is 2. The number of carbonyl (C=O) groups is 2. The van der Waals surface area contributed by atoms with Crippen molar-refractivity contribution in [1.29, 1.82) is 0 Å². The van der Waals surface area contributed by atoms with E-state index < -0.39 is 6.04 Å². The van der Waals surface area contributed by atoms with E-state index in [1.807, 2.05) is 47.5 Å². The molecule has 0 saturated carbocycles. The van der Waals surface area contributed by atoms with Gasteiger partial charge in [0.15, 0.2) is 0 Å². The fourth-order valence-corrected chi connectivity index (χ4v) is 6.24. The largest absolute Gasteiger partial charge is 0.361 e. The summed E-state index contributed by atoms with van der Waals surface area (Å²) in [6, 6.07) is 17.1. The maximum atomic E-state index is 14.5. The first kappa shape index (κ1) is 27.7. The quantitative estimate of drug-likeness (QED) is 0.357. The van der Waals surface area contributed by atoms with E-state index in [2.05, 4.69) is 56.3 Å². The van der Waals surface area contributed by atoms with Crippen LogP contribution in [0.5, 0.6) is 0 Å². The number of nitrogens with zero attached hydrogens (tertiary/aromatic N) is 6. The summed E-state index contributed by atoms with van der Waals surface area (Å²) in [6.45, 7) is 3.80. The molecule has 2 aromatic carbocycles. The van der Waals surface area contributed by atoms with E-state index in [1.165, 1.54) is 5.56 Å². The molecular formula is C32H38N8O2. The molecule has 4 aromatic rings. The molecule has 10 heteroatoms. The molecule has 2 aliphatic heterocycles. The van der Waals surface area contributed by atoms with Crippen LogP contribution >= 0.6 is 0 Å². The fraction of sp³-hybridized carbons (Fsp3) is 0.375. The molecule has 2 unspecified atom stereocenters. The van der Waals surface area contributed by atoms with Gasteiger partial charge in [-0.3, -0.25) is 4.79 Å². The molecular weight excluding hydrogens is 528 g/mol. The third-order valence-corrected chi connectivity index (χ3v) is 8.22. The van der Waals surface area contributed by atoms with Crippen LogP contribution in [0.15, 0.2) is 73.2 Å². The molecule has 2 N–H and O–H groups in total. The summed E-state index contributed by atoms with van der Waals surface area (Å²) in [5.41, 5.74) is 4.12. The topological polar surface area (TPSA) is 101 Å². The van der Waals surface area contributed by atoms with E-state index >= 15 is 0 Å². The highest BCUT2D eigenvalue weighted by atomic mass is 16.2. The highest BCUT2D eigenvalue weighted by Gasteiger charge is 2.35. The Hall–Kier alpha value is -4.44. The number of fused-ring (bicyclic) bond motifs is 2. The van der Waals surface area contributed by atoms with Crippen molar-refractivity contribution in [3.63, 3.8) is 0 Å². The van der Waals surface area contributed by atoms with Gasteiger partial charge in [-0.2, -0.15) is 0 Å². The van der Waals surface area contributed by atoms with Gasteiger partial charge in [-0.15, -0.1) is 0 Å². The molecule has 2 atom stereocenters. The van der Waals surface area contributed by atoms with E-state index in [1.54, 1.807) is 23.4 Å². The Bertz CT molecular complexity index is 1530. The minimum absolute atomic E-state index is 0.0825. The van der Waals surface area contributed by atoms with Gasteiger partial charge in [0.25, 0.3) is 0 Å². The highest BCUT2D eigenvalue weighted by molar-refractivity contribution is 6.00. The van der Waals surface area contributed by atoms with Gasteiger partial charge in [-0.1, -0.05) is 36.4 Å². The van der Waals surface area contributed by atoms with Crippen LogP contribution in [0.25, 0.3) is 10.9 Å². The number of amides is 3.